The van der Waals surface area contributed by atoms with Crippen LogP contribution < -0.4 is 10.2 Å². The van der Waals surface area contributed by atoms with Crippen molar-refractivity contribution in [1.29, 1.82) is 0 Å². The lowest BCUT2D eigenvalue weighted by Crippen LogP contribution is -2.29. The van der Waals surface area contributed by atoms with E-state index in [4.69, 9.17) is 0 Å². The van der Waals surface area contributed by atoms with Crippen LogP contribution in [0.1, 0.15) is 13.3 Å². The fourth-order valence-corrected chi connectivity index (χ4v) is 2.47. The summed E-state index contributed by atoms with van der Waals surface area (Å²) < 4.78 is 26.2. The monoisotopic (exact) mass is 306 g/mol. The smallest absolute Gasteiger partial charge is 0.243 e. The molecule has 22 heavy (non-hydrogen) atoms. The minimum atomic E-state index is -0.834. The number of nitrogens with one attached hydrogen (secondary N) is 1. The van der Waals surface area contributed by atoms with Crippen molar-refractivity contribution < 1.29 is 13.6 Å². The number of hydrogen-bond donors (Lipinski definition) is 1. The lowest BCUT2D eigenvalue weighted by Gasteiger charge is -2.19. The second-order valence-electron chi connectivity index (χ2n) is 5.33. The average molecular weight is 306 g/mol. The number of carbonyl (C=O) groups excluding carboxylic acids is 1. The lowest BCUT2D eigenvalue weighted by atomic mass is 10.1. The van der Waals surface area contributed by atoms with Crippen LogP contribution in [0.25, 0.3) is 0 Å². The molecule has 0 aromatic heterocycles. The maximum absolute atomic E-state index is 13.3. The van der Waals surface area contributed by atoms with Gasteiger partial charge in [0.2, 0.25) is 5.91 Å². The molecule has 118 valence electrons. The average Bonchev–Trinajstić information content (AvgIpc) is 2.97. The second kappa shape index (κ2) is 7.73. The van der Waals surface area contributed by atoms with E-state index in [1.54, 1.807) is 18.2 Å². The van der Waals surface area contributed by atoms with Crippen LogP contribution in [0.15, 0.2) is 42.5 Å². The van der Waals surface area contributed by atoms with Crippen LogP contribution in [0.4, 0.5) is 14.5 Å². The van der Waals surface area contributed by atoms with Crippen molar-refractivity contribution >= 4 is 11.6 Å². The van der Waals surface area contributed by atoms with Gasteiger partial charge in [0, 0.05) is 37.5 Å². The van der Waals surface area contributed by atoms with Gasteiger partial charge in [-0.15, -0.1) is 0 Å². The Morgan fingerprint density at radius 1 is 1.36 bits per heavy atom. The zero-order valence-corrected chi connectivity index (χ0v) is 12.6. The quantitative estimate of drug-likeness (QED) is 0.670. The molecule has 0 aliphatic carbocycles. The first-order valence-electron chi connectivity index (χ1n) is 7.37. The Morgan fingerprint density at radius 2 is 2.18 bits per heavy atom. The molecule has 1 atom stereocenters. The minimum Gasteiger partial charge on any atom is -0.371 e. The molecule has 1 unspecified atom stereocenters. The molecular weight excluding hydrogens is 286 g/mol. The fourth-order valence-electron chi connectivity index (χ4n) is 2.47. The Bertz CT molecular complexity index is 584. The summed E-state index contributed by atoms with van der Waals surface area (Å²) in [5.74, 6) is -1.47. The van der Waals surface area contributed by atoms with Crippen molar-refractivity contribution in [3.05, 3.63) is 54.1 Å². The van der Waals surface area contributed by atoms with E-state index in [9.17, 15) is 13.6 Å². The molecule has 0 radical (unpaired) electrons. The maximum Gasteiger partial charge on any atom is 0.243 e. The van der Waals surface area contributed by atoms with Crippen LogP contribution in [0.3, 0.4) is 0 Å². The van der Waals surface area contributed by atoms with Crippen molar-refractivity contribution in [2.75, 3.05) is 24.5 Å². The number of carbonyl (C=O) groups is 1. The van der Waals surface area contributed by atoms with E-state index < -0.39 is 11.6 Å². The van der Waals surface area contributed by atoms with E-state index >= 15 is 0 Å². The number of anilines is 1. The molecule has 1 saturated heterocycles. The van der Waals surface area contributed by atoms with Gasteiger partial charge in [0.05, 0.1) is 0 Å². The normalized spacial score (nSPS) is 18.5. The van der Waals surface area contributed by atoms with Gasteiger partial charge in [-0.25, -0.2) is 8.78 Å². The third kappa shape index (κ3) is 4.41. The van der Waals surface area contributed by atoms with Gasteiger partial charge in [0.1, 0.15) is 0 Å². The highest BCUT2D eigenvalue weighted by atomic mass is 19.2. The molecule has 0 spiro atoms. The van der Waals surface area contributed by atoms with E-state index in [1.165, 1.54) is 12.1 Å². The molecule has 1 aliphatic rings. The highest BCUT2D eigenvalue weighted by Crippen LogP contribution is 2.24. The summed E-state index contributed by atoms with van der Waals surface area (Å²) in [6, 6.07) is 3.95. The van der Waals surface area contributed by atoms with Crippen molar-refractivity contribution in [3.8, 4) is 0 Å². The predicted octanol–water partition coefficient (Wildman–Crippen LogP) is 3.04. The molecule has 1 aromatic rings. The molecular formula is C17H20F2N2O. The zero-order valence-electron chi connectivity index (χ0n) is 12.6. The summed E-state index contributed by atoms with van der Waals surface area (Å²) in [5, 5.41) is 2.86. The first-order valence-corrected chi connectivity index (χ1v) is 7.37. The van der Waals surface area contributed by atoms with Crippen LogP contribution >= 0.6 is 0 Å². The Hall–Kier alpha value is -2.17. The van der Waals surface area contributed by atoms with Crippen LogP contribution in [0.2, 0.25) is 0 Å². The zero-order chi connectivity index (χ0) is 15.9. The molecule has 0 saturated carbocycles. The first kappa shape index (κ1) is 16.2. The molecule has 1 fully saturated rings. The topological polar surface area (TPSA) is 32.3 Å². The molecule has 1 aromatic carbocycles. The third-order valence-electron chi connectivity index (χ3n) is 3.67. The molecule has 1 amide bonds. The molecule has 1 aliphatic heterocycles. The van der Waals surface area contributed by atoms with Crippen molar-refractivity contribution in [1.82, 2.24) is 5.32 Å². The van der Waals surface area contributed by atoms with Crippen LogP contribution in [0, 0.1) is 17.6 Å². The van der Waals surface area contributed by atoms with Crippen molar-refractivity contribution in [3.63, 3.8) is 0 Å². The summed E-state index contributed by atoms with van der Waals surface area (Å²) in [6.07, 6.45) is 7.73. The van der Waals surface area contributed by atoms with Crippen LogP contribution in [-0.2, 0) is 4.79 Å². The first-order chi connectivity index (χ1) is 10.6. The highest BCUT2D eigenvalue weighted by molar-refractivity contribution is 5.87. The number of allylic oxidation sites excluding steroid dienone is 3. The van der Waals surface area contributed by atoms with Gasteiger partial charge in [-0.2, -0.15) is 0 Å². The minimum absolute atomic E-state index is 0.121. The fraction of sp³-hybridized carbons (Fsp3) is 0.353. The summed E-state index contributed by atoms with van der Waals surface area (Å²) in [6.45, 7) is 3.97. The van der Waals surface area contributed by atoms with E-state index in [0.29, 0.717) is 18.2 Å². The van der Waals surface area contributed by atoms with Gasteiger partial charge in [0.25, 0.3) is 0 Å². The van der Waals surface area contributed by atoms with Gasteiger partial charge in [-0.1, -0.05) is 18.2 Å². The second-order valence-corrected chi connectivity index (χ2v) is 5.33. The number of benzene rings is 1. The van der Waals surface area contributed by atoms with Gasteiger partial charge < -0.3 is 10.2 Å². The maximum atomic E-state index is 13.3. The molecule has 0 bridgehead atoms. The van der Waals surface area contributed by atoms with E-state index in [1.807, 2.05) is 17.9 Å². The largest absolute Gasteiger partial charge is 0.371 e. The standard InChI is InChI=1S/C17H20F2N2O/c1-2-3-4-5-17(22)20-11-13-8-9-21(12-13)14-6-7-15(18)16(19)10-14/h2-7,10,13H,8-9,11-12H2,1H3,(H,20,22). The summed E-state index contributed by atoms with van der Waals surface area (Å²) in [7, 11) is 0. The van der Waals surface area contributed by atoms with Gasteiger partial charge in [-0.05, 0) is 31.4 Å². The number of nitrogens with zero attached hydrogens (tertiary/aromatic N) is 1. The Morgan fingerprint density at radius 3 is 2.91 bits per heavy atom. The number of rotatable bonds is 5. The SMILES string of the molecule is CC=CC=CC(=O)NCC1CCN(c2ccc(F)c(F)c2)C1. The molecule has 1 N–H and O–H groups in total. The Balaban J connectivity index is 1.82. The van der Waals surface area contributed by atoms with E-state index in [2.05, 4.69) is 5.32 Å². The molecule has 1 heterocycles. The lowest BCUT2D eigenvalue weighted by molar-refractivity contribution is -0.116. The molecule has 3 nitrogen and oxygen atoms in total. The predicted molar refractivity (Wildman–Crippen MR) is 83.6 cm³/mol. The van der Waals surface area contributed by atoms with Crippen molar-refractivity contribution in [2.45, 2.75) is 13.3 Å². The van der Waals surface area contributed by atoms with Crippen molar-refractivity contribution in [2.24, 2.45) is 5.92 Å². The summed E-state index contributed by atoms with van der Waals surface area (Å²) in [4.78, 5) is 13.6. The summed E-state index contributed by atoms with van der Waals surface area (Å²) in [5.41, 5.74) is 0.681. The van der Waals surface area contributed by atoms with Crippen LogP contribution in [-0.4, -0.2) is 25.5 Å². The van der Waals surface area contributed by atoms with Gasteiger partial charge in [-0.3, -0.25) is 4.79 Å². The van der Waals surface area contributed by atoms with Gasteiger partial charge >= 0.3 is 0 Å². The highest BCUT2D eigenvalue weighted by Gasteiger charge is 2.23. The third-order valence-corrected chi connectivity index (χ3v) is 3.67. The summed E-state index contributed by atoms with van der Waals surface area (Å²) >= 11 is 0. The molecule has 2 rings (SSSR count). The molecule has 5 heteroatoms. The number of halogens is 2. The number of amides is 1. The Labute approximate surface area is 129 Å². The van der Waals surface area contributed by atoms with Gasteiger partial charge in [0.15, 0.2) is 11.6 Å². The number of hydrogen-bond acceptors (Lipinski definition) is 2. The van der Waals surface area contributed by atoms with Crippen LogP contribution in [0.5, 0.6) is 0 Å². The van der Waals surface area contributed by atoms with E-state index in [0.717, 1.165) is 25.6 Å². The Kier molecular flexibility index (Phi) is 5.69. The van der Waals surface area contributed by atoms with E-state index in [-0.39, 0.29) is 5.91 Å².